The van der Waals surface area contributed by atoms with Gasteiger partial charge in [0.1, 0.15) is 22.9 Å². The summed E-state index contributed by atoms with van der Waals surface area (Å²) in [5, 5.41) is 20.8. The maximum atomic E-state index is 14.5. The molecule has 0 saturated heterocycles. The van der Waals surface area contributed by atoms with Crippen molar-refractivity contribution >= 4 is 40.7 Å². The van der Waals surface area contributed by atoms with Crippen molar-refractivity contribution in [3.63, 3.8) is 0 Å². The highest BCUT2D eigenvalue weighted by Gasteiger charge is 2.73. The maximum absolute atomic E-state index is 14.5. The summed E-state index contributed by atoms with van der Waals surface area (Å²) >= 11 is 18.1. The fourth-order valence-electron chi connectivity index (χ4n) is 4.02. The summed E-state index contributed by atoms with van der Waals surface area (Å²) in [5.74, 6) is -0.733. The molecule has 1 aliphatic rings. The van der Waals surface area contributed by atoms with Gasteiger partial charge in [-0.25, -0.2) is 14.1 Å². The van der Waals surface area contributed by atoms with Crippen LogP contribution in [-0.2, 0) is 5.67 Å². The summed E-state index contributed by atoms with van der Waals surface area (Å²) in [6.45, 7) is -0.388. The average molecular weight is 640 g/mol. The molecule has 17 heteroatoms. The molecule has 0 unspecified atom stereocenters. The predicted molar refractivity (Wildman–Crippen MR) is 131 cm³/mol. The molecular weight excluding hydrogens is 628 g/mol. The fourth-order valence-corrected chi connectivity index (χ4v) is 4.86. The Bertz CT molecular complexity index is 1580. The Hall–Kier alpha value is -3.59. The molecule has 2 heterocycles. The quantitative estimate of drug-likeness (QED) is 0.161. The van der Waals surface area contributed by atoms with Crippen molar-refractivity contribution in [3.8, 4) is 29.0 Å². The molecule has 41 heavy (non-hydrogen) atoms. The van der Waals surface area contributed by atoms with E-state index in [4.69, 9.17) is 40.1 Å². The number of hydrogen-bond acceptors (Lipinski definition) is 5. The first kappa shape index (κ1) is 30.4. The summed E-state index contributed by atoms with van der Waals surface area (Å²) in [7, 11) is 0. The van der Waals surface area contributed by atoms with Crippen LogP contribution in [0.5, 0.6) is 0 Å². The molecule has 0 aliphatic heterocycles. The molecule has 0 bridgehead atoms. The van der Waals surface area contributed by atoms with Gasteiger partial charge in [-0.2, -0.15) is 42.0 Å². The molecule has 1 aliphatic carbocycles. The van der Waals surface area contributed by atoms with Crippen molar-refractivity contribution in [2.75, 3.05) is 6.54 Å². The summed E-state index contributed by atoms with van der Waals surface area (Å²) in [4.78, 5) is 18.2. The third-order valence-corrected chi connectivity index (χ3v) is 7.21. The molecule has 1 fully saturated rings. The number of aromatic nitrogens is 3. The van der Waals surface area contributed by atoms with Gasteiger partial charge in [-0.15, -0.1) is 0 Å². The van der Waals surface area contributed by atoms with E-state index >= 15 is 0 Å². The topological polar surface area (TPSA) is 98.6 Å². The number of carbonyl (C=O) groups excluding carboxylic acids is 1. The van der Waals surface area contributed by atoms with E-state index in [-0.39, 0.29) is 46.2 Å². The Labute approximate surface area is 241 Å². The van der Waals surface area contributed by atoms with Crippen LogP contribution >= 0.6 is 34.8 Å². The van der Waals surface area contributed by atoms with Crippen LogP contribution in [0.2, 0.25) is 15.2 Å². The molecule has 0 N–H and O–H groups in total. The summed E-state index contributed by atoms with van der Waals surface area (Å²) in [6.07, 6.45) is -8.37. The highest BCUT2D eigenvalue weighted by molar-refractivity contribution is 6.38. The number of rotatable bonds is 6. The minimum Gasteiger partial charge on any atom is -0.306 e. The summed E-state index contributed by atoms with van der Waals surface area (Å²) < 4.78 is 94.6. The largest absolute Gasteiger partial charge is 0.435 e. The number of amides is 1. The Morgan fingerprint density at radius 2 is 1.56 bits per heavy atom. The normalized spacial score (nSPS) is 14.7. The number of nitrogens with zero attached hydrogens (tertiary/aromatic N) is 6. The molecule has 2 aromatic heterocycles. The number of hydrogen-bond donors (Lipinski definition) is 0. The standard InChI is InChI=1S/C24H12Cl3F7N6O/c25-16-6-14(22(28,23(29,30)31)24(32,33)34)7-17(26)18(16)40-10-13(9-38-40)12-5-15(19(27)37-8-12)20(41)39(4-3-35)21(11-36)1-2-21/h5-10H,1-2,4H2. The zero-order valence-electron chi connectivity index (χ0n) is 20.0. The van der Waals surface area contributed by atoms with Crippen LogP contribution in [0.3, 0.4) is 0 Å². The van der Waals surface area contributed by atoms with Crippen LogP contribution in [0.4, 0.5) is 30.7 Å². The van der Waals surface area contributed by atoms with Gasteiger partial charge in [0, 0.05) is 29.1 Å². The van der Waals surface area contributed by atoms with Crippen molar-refractivity contribution in [1.82, 2.24) is 19.7 Å². The van der Waals surface area contributed by atoms with Gasteiger partial charge in [0.15, 0.2) is 0 Å². The molecule has 0 radical (unpaired) electrons. The van der Waals surface area contributed by atoms with Crippen LogP contribution in [-0.4, -0.2) is 50.0 Å². The van der Waals surface area contributed by atoms with Gasteiger partial charge in [0.05, 0.1) is 33.9 Å². The average Bonchev–Trinajstić information content (AvgIpc) is 3.53. The molecule has 1 amide bonds. The molecule has 214 valence electrons. The Morgan fingerprint density at radius 3 is 2.05 bits per heavy atom. The van der Waals surface area contributed by atoms with Gasteiger partial charge < -0.3 is 4.90 Å². The van der Waals surface area contributed by atoms with Gasteiger partial charge in [-0.3, -0.25) is 4.79 Å². The highest BCUT2D eigenvalue weighted by atomic mass is 35.5. The number of nitriles is 2. The fraction of sp³-hybridized carbons (Fsp3) is 0.292. The van der Waals surface area contributed by atoms with Crippen LogP contribution in [0.1, 0.15) is 28.8 Å². The van der Waals surface area contributed by atoms with E-state index in [2.05, 4.69) is 10.1 Å². The lowest BCUT2D eigenvalue weighted by Gasteiger charge is -2.30. The van der Waals surface area contributed by atoms with E-state index in [0.717, 1.165) is 9.58 Å². The second-order valence-corrected chi connectivity index (χ2v) is 10.0. The minimum atomic E-state index is -6.37. The van der Waals surface area contributed by atoms with Crippen molar-refractivity contribution in [2.45, 2.75) is 36.4 Å². The first-order chi connectivity index (χ1) is 19.0. The number of halogens is 10. The lowest BCUT2D eigenvalue weighted by molar-refractivity contribution is -0.348. The molecule has 0 atom stereocenters. The monoisotopic (exact) mass is 638 g/mol. The first-order valence-electron chi connectivity index (χ1n) is 11.1. The summed E-state index contributed by atoms with van der Waals surface area (Å²) in [6, 6.07) is 5.45. The van der Waals surface area contributed by atoms with Crippen LogP contribution in [0.25, 0.3) is 16.8 Å². The zero-order chi connectivity index (χ0) is 30.5. The van der Waals surface area contributed by atoms with Gasteiger partial charge in [-0.1, -0.05) is 34.8 Å². The lowest BCUT2D eigenvalue weighted by Crippen LogP contribution is -2.50. The second-order valence-electron chi connectivity index (χ2n) is 8.87. The number of pyridine rings is 1. The lowest BCUT2D eigenvalue weighted by atomic mass is 9.94. The van der Waals surface area contributed by atoms with Gasteiger partial charge >= 0.3 is 18.0 Å². The highest BCUT2D eigenvalue weighted by Crippen LogP contribution is 2.54. The van der Waals surface area contributed by atoms with E-state index in [1.165, 1.54) is 24.7 Å². The van der Waals surface area contributed by atoms with Gasteiger partial charge in [-0.05, 0) is 31.0 Å². The Morgan fingerprint density at radius 1 is 0.976 bits per heavy atom. The maximum Gasteiger partial charge on any atom is 0.435 e. The molecular formula is C24H12Cl3F7N6O. The zero-order valence-corrected chi connectivity index (χ0v) is 22.2. The summed E-state index contributed by atoms with van der Waals surface area (Å²) in [5.41, 5.74) is -8.83. The van der Waals surface area contributed by atoms with E-state index < -0.39 is 45.1 Å². The van der Waals surface area contributed by atoms with Crippen LogP contribution < -0.4 is 0 Å². The Kier molecular flexibility index (Phi) is 7.67. The van der Waals surface area contributed by atoms with Crippen LogP contribution in [0, 0.1) is 22.7 Å². The van der Waals surface area contributed by atoms with Crippen LogP contribution in [0.15, 0.2) is 36.8 Å². The van der Waals surface area contributed by atoms with E-state index in [9.17, 15) is 40.8 Å². The van der Waals surface area contributed by atoms with E-state index in [1.807, 2.05) is 12.1 Å². The molecule has 1 saturated carbocycles. The second kappa shape index (κ2) is 10.4. The molecule has 4 rings (SSSR count). The molecule has 1 aromatic carbocycles. The number of benzene rings is 1. The van der Waals surface area contributed by atoms with E-state index in [0.29, 0.717) is 12.8 Å². The smallest absolute Gasteiger partial charge is 0.306 e. The van der Waals surface area contributed by atoms with Crippen molar-refractivity contribution in [2.24, 2.45) is 0 Å². The third kappa shape index (κ3) is 5.16. The van der Waals surface area contributed by atoms with Gasteiger partial charge in [0.25, 0.3) is 5.91 Å². The first-order valence-corrected chi connectivity index (χ1v) is 12.3. The third-order valence-electron chi connectivity index (χ3n) is 6.33. The molecule has 0 spiro atoms. The number of alkyl halides is 7. The predicted octanol–water partition coefficient (Wildman–Crippen LogP) is 7.21. The SMILES string of the molecule is N#CCN(C(=O)c1cc(-c2cnn(-c3c(Cl)cc(C(F)(C(F)(F)F)C(F)(F)F)cc3Cl)c2)cnc1Cl)C1(C#N)CC1. The Balaban J connectivity index is 1.72. The van der Waals surface area contributed by atoms with E-state index in [1.54, 1.807) is 0 Å². The minimum absolute atomic E-state index is 0.146. The van der Waals surface area contributed by atoms with Crippen molar-refractivity contribution in [3.05, 3.63) is 63.1 Å². The van der Waals surface area contributed by atoms with Crippen molar-refractivity contribution in [1.29, 1.82) is 10.5 Å². The number of carbonyl (C=O) groups is 1. The van der Waals surface area contributed by atoms with Gasteiger partial charge in [0.2, 0.25) is 0 Å². The molecule has 7 nitrogen and oxygen atoms in total. The van der Waals surface area contributed by atoms with Crippen molar-refractivity contribution < 1.29 is 35.5 Å². The molecule has 3 aromatic rings.